The van der Waals surface area contributed by atoms with Crippen molar-refractivity contribution in [3.05, 3.63) is 54.4 Å². The SMILES string of the molecule is c1ccc2cc(C([C@@H]3CCCNC3)n3cnnn3)ccc2c1. The molecule has 1 aliphatic heterocycles. The van der Waals surface area contributed by atoms with E-state index in [-0.39, 0.29) is 6.04 Å². The number of benzene rings is 2. The summed E-state index contributed by atoms with van der Waals surface area (Å²) in [5.74, 6) is 0.512. The normalized spacial score (nSPS) is 20.1. The van der Waals surface area contributed by atoms with Crippen LogP contribution in [-0.2, 0) is 0 Å². The highest BCUT2D eigenvalue weighted by atomic mass is 15.5. The molecule has 2 heterocycles. The van der Waals surface area contributed by atoms with E-state index < -0.39 is 0 Å². The van der Waals surface area contributed by atoms with Crippen LogP contribution in [0.1, 0.15) is 24.4 Å². The van der Waals surface area contributed by atoms with Gasteiger partial charge in [0, 0.05) is 6.54 Å². The Bertz CT molecular complexity index is 747. The molecule has 0 radical (unpaired) electrons. The molecule has 0 aliphatic carbocycles. The minimum Gasteiger partial charge on any atom is -0.316 e. The Kier molecular flexibility index (Phi) is 3.56. The van der Waals surface area contributed by atoms with Crippen molar-refractivity contribution < 1.29 is 0 Å². The third-order valence-electron chi connectivity index (χ3n) is 4.55. The fourth-order valence-corrected chi connectivity index (χ4v) is 3.48. The van der Waals surface area contributed by atoms with Crippen LogP contribution in [0, 0.1) is 5.92 Å². The first-order valence-corrected chi connectivity index (χ1v) is 7.84. The van der Waals surface area contributed by atoms with Gasteiger partial charge in [-0.2, -0.15) is 0 Å². The lowest BCUT2D eigenvalue weighted by atomic mass is 9.86. The van der Waals surface area contributed by atoms with E-state index in [9.17, 15) is 0 Å². The van der Waals surface area contributed by atoms with Gasteiger partial charge in [-0.15, -0.1) is 5.10 Å². The fraction of sp³-hybridized carbons (Fsp3) is 0.353. The molecule has 22 heavy (non-hydrogen) atoms. The summed E-state index contributed by atoms with van der Waals surface area (Å²) in [5, 5.41) is 17.9. The molecule has 1 unspecified atom stereocenters. The van der Waals surface area contributed by atoms with Gasteiger partial charge in [0.2, 0.25) is 0 Å². The molecule has 1 N–H and O–H groups in total. The lowest BCUT2D eigenvalue weighted by Crippen LogP contribution is -2.36. The molecule has 5 heteroatoms. The van der Waals surface area contributed by atoms with Crippen LogP contribution in [0.15, 0.2) is 48.8 Å². The summed E-state index contributed by atoms with van der Waals surface area (Å²) < 4.78 is 1.90. The monoisotopic (exact) mass is 293 g/mol. The molecule has 3 aromatic rings. The van der Waals surface area contributed by atoms with Crippen molar-refractivity contribution in [2.45, 2.75) is 18.9 Å². The molecule has 1 aromatic heterocycles. The van der Waals surface area contributed by atoms with Crippen molar-refractivity contribution in [1.29, 1.82) is 0 Å². The molecule has 1 aliphatic rings. The molecule has 5 nitrogen and oxygen atoms in total. The van der Waals surface area contributed by atoms with Crippen LogP contribution in [0.5, 0.6) is 0 Å². The molecule has 2 aromatic carbocycles. The van der Waals surface area contributed by atoms with E-state index in [0.29, 0.717) is 5.92 Å². The summed E-state index contributed by atoms with van der Waals surface area (Å²) in [6, 6.07) is 15.3. The summed E-state index contributed by atoms with van der Waals surface area (Å²) in [5.41, 5.74) is 1.28. The third-order valence-corrected chi connectivity index (χ3v) is 4.55. The Balaban J connectivity index is 1.78. The molecule has 2 atom stereocenters. The topological polar surface area (TPSA) is 55.6 Å². The van der Waals surface area contributed by atoms with Gasteiger partial charge in [-0.25, -0.2) is 4.68 Å². The van der Waals surface area contributed by atoms with E-state index in [0.717, 1.165) is 13.1 Å². The highest BCUT2D eigenvalue weighted by Crippen LogP contribution is 2.32. The number of piperidine rings is 1. The van der Waals surface area contributed by atoms with Gasteiger partial charge in [0.15, 0.2) is 0 Å². The number of aromatic nitrogens is 4. The standard InChI is InChI=1S/C17H19N5/c1-2-5-14-10-15(8-7-13(14)4-1)17(22-12-19-20-21-22)16-6-3-9-18-11-16/h1-2,4-5,7-8,10,12,16-18H,3,6,9,11H2/t16-,17?/m1/s1. The number of hydrogen-bond donors (Lipinski definition) is 1. The van der Waals surface area contributed by atoms with Crippen LogP contribution in [0.25, 0.3) is 10.8 Å². The van der Waals surface area contributed by atoms with Gasteiger partial charge < -0.3 is 5.32 Å². The van der Waals surface area contributed by atoms with E-state index in [1.807, 2.05) is 4.68 Å². The number of nitrogens with one attached hydrogen (secondary N) is 1. The molecule has 0 spiro atoms. The second kappa shape index (κ2) is 5.85. The maximum atomic E-state index is 4.18. The molecule has 0 amide bonds. The third kappa shape index (κ3) is 2.48. The predicted molar refractivity (Wildman–Crippen MR) is 85.5 cm³/mol. The largest absolute Gasteiger partial charge is 0.316 e. The second-order valence-electron chi connectivity index (χ2n) is 5.95. The van der Waals surface area contributed by atoms with Gasteiger partial charge in [0.25, 0.3) is 0 Å². The zero-order valence-electron chi connectivity index (χ0n) is 12.4. The number of rotatable bonds is 3. The lowest BCUT2D eigenvalue weighted by molar-refractivity contribution is 0.279. The smallest absolute Gasteiger partial charge is 0.138 e. The number of fused-ring (bicyclic) bond motifs is 1. The van der Waals surface area contributed by atoms with Gasteiger partial charge in [-0.1, -0.05) is 36.4 Å². The van der Waals surface area contributed by atoms with Crippen molar-refractivity contribution in [2.75, 3.05) is 13.1 Å². The number of hydrogen-bond acceptors (Lipinski definition) is 4. The van der Waals surface area contributed by atoms with Crippen molar-refractivity contribution in [2.24, 2.45) is 5.92 Å². The highest BCUT2D eigenvalue weighted by Gasteiger charge is 2.27. The number of tetrazole rings is 1. The summed E-state index contributed by atoms with van der Waals surface area (Å²) in [6.45, 7) is 2.12. The Morgan fingerprint density at radius 1 is 1.14 bits per heavy atom. The Hall–Kier alpha value is -2.27. The van der Waals surface area contributed by atoms with E-state index in [1.54, 1.807) is 6.33 Å². The average Bonchev–Trinajstić information content (AvgIpc) is 3.10. The molecule has 0 saturated carbocycles. The number of nitrogens with zero attached hydrogens (tertiary/aromatic N) is 4. The Labute approximate surface area is 129 Å². The average molecular weight is 293 g/mol. The highest BCUT2D eigenvalue weighted by molar-refractivity contribution is 5.83. The molecular weight excluding hydrogens is 274 g/mol. The van der Waals surface area contributed by atoms with E-state index in [2.05, 4.69) is 63.3 Å². The molecule has 0 bridgehead atoms. The van der Waals surface area contributed by atoms with E-state index in [4.69, 9.17) is 0 Å². The van der Waals surface area contributed by atoms with Crippen LogP contribution >= 0.6 is 0 Å². The fourth-order valence-electron chi connectivity index (χ4n) is 3.48. The van der Waals surface area contributed by atoms with Gasteiger partial charge in [-0.3, -0.25) is 0 Å². The summed E-state index contributed by atoms with van der Waals surface area (Å²) in [4.78, 5) is 0. The predicted octanol–water partition coefficient (Wildman–Crippen LogP) is 2.42. The summed E-state index contributed by atoms with van der Waals surface area (Å²) >= 11 is 0. The maximum Gasteiger partial charge on any atom is 0.138 e. The van der Waals surface area contributed by atoms with Crippen LogP contribution < -0.4 is 5.32 Å². The van der Waals surface area contributed by atoms with Crippen LogP contribution in [0.3, 0.4) is 0 Å². The first-order chi connectivity index (χ1) is 10.9. The van der Waals surface area contributed by atoms with E-state index >= 15 is 0 Å². The van der Waals surface area contributed by atoms with Gasteiger partial charge >= 0.3 is 0 Å². The maximum absolute atomic E-state index is 4.18. The van der Waals surface area contributed by atoms with Crippen LogP contribution in [-0.4, -0.2) is 33.3 Å². The van der Waals surface area contributed by atoms with Gasteiger partial charge in [-0.05, 0) is 58.1 Å². The first kappa shape index (κ1) is 13.4. The molecular formula is C17H19N5. The Morgan fingerprint density at radius 2 is 2.05 bits per heavy atom. The quantitative estimate of drug-likeness (QED) is 0.806. The lowest BCUT2D eigenvalue weighted by Gasteiger charge is -2.30. The molecule has 112 valence electrons. The van der Waals surface area contributed by atoms with Crippen LogP contribution in [0.2, 0.25) is 0 Å². The summed E-state index contributed by atoms with van der Waals surface area (Å²) in [7, 11) is 0. The molecule has 1 fully saturated rings. The first-order valence-electron chi connectivity index (χ1n) is 7.84. The van der Waals surface area contributed by atoms with Crippen molar-refractivity contribution in [3.63, 3.8) is 0 Å². The molecule has 1 saturated heterocycles. The minimum absolute atomic E-state index is 0.187. The van der Waals surface area contributed by atoms with Gasteiger partial charge in [0.1, 0.15) is 6.33 Å². The Morgan fingerprint density at radius 3 is 2.82 bits per heavy atom. The van der Waals surface area contributed by atoms with Crippen LogP contribution in [0.4, 0.5) is 0 Å². The van der Waals surface area contributed by atoms with Crippen molar-refractivity contribution in [1.82, 2.24) is 25.5 Å². The zero-order chi connectivity index (χ0) is 14.8. The minimum atomic E-state index is 0.187. The molecule has 4 rings (SSSR count). The van der Waals surface area contributed by atoms with Crippen molar-refractivity contribution in [3.8, 4) is 0 Å². The summed E-state index contributed by atoms with van der Waals surface area (Å²) in [6.07, 6.45) is 4.13. The zero-order valence-corrected chi connectivity index (χ0v) is 12.4. The second-order valence-corrected chi connectivity index (χ2v) is 5.95. The van der Waals surface area contributed by atoms with Crippen molar-refractivity contribution >= 4 is 10.8 Å². The van der Waals surface area contributed by atoms with Gasteiger partial charge in [0.05, 0.1) is 6.04 Å². The van der Waals surface area contributed by atoms with E-state index in [1.165, 1.54) is 29.2 Å².